The molecule has 1 aliphatic carbocycles. The quantitative estimate of drug-likeness (QED) is 0.457. The van der Waals surface area contributed by atoms with Gasteiger partial charge in [0.2, 0.25) is 0 Å². The molecule has 1 aliphatic rings. The SMILES string of the molecule is Clc1cccc(Cc2cccc3c2Cc2ccccc2-3)c1. The van der Waals surface area contributed by atoms with Gasteiger partial charge in [-0.2, -0.15) is 0 Å². The van der Waals surface area contributed by atoms with E-state index in [2.05, 4.69) is 54.6 Å². The number of fused-ring (bicyclic) bond motifs is 3. The molecule has 0 unspecified atom stereocenters. The van der Waals surface area contributed by atoms with Gasteiger partial charge in [-0.25, -0.2) is 0 Å². The fourth-order valence-corrected chi connectivity index (χ4v) is 3.47. The van der Waals surface area contributed by atoms with Crippen LogP contribution in [0.4, 0.5) is 0 Å². The molecule has 0 atom stereocenters. The summed E-state index contributed by atoms with van der Waals surface area (Å²) in [6.07, 6.45) is 1.99. The molecule has 1 heteroatoms. The molecule has 0 amide bonds. The summed E-state index contributed by atoms with van der Waals surface area (Å²) in [5.74, 6) is 0. The summed E-state index contributed by atoms with van der Waals surface area (Å²) in [6.45, 7) is 0. The van der Waals surface area contributed by atoms with Gasteiger partial charge < -0.3 is 0 Å². The van der Waals surface area contributed by atoms with Crippen LogP contribution in [0.2, 0.25) is 5.02 Å². The van der Waals surface area contributed by atoms with E-state index in [0.29, 0.717) is 0 Å². The van der Waals surface area contributed by atoms with Crippen LogP contribution in [0.25, 0.3) is 11.1 Å². The Morgan fingerprint density at radius 1 is 0.810 bits per heavy atom. The molecular formula is C20H15Cl. The maximum Gasteiger partial charge on any atom is 0.0408 e. The topological polar surface area (TPSA) is 0 Å². The van der Waals surface area contributed by atoms with Crippen LogP contribution >= 0.6 is 11.6 Å². The second kappa shape index (κ2) is 5.05. The van der Waals surface area contributed by atoms with Gasteiger partial charge in [-0.1, -0.05) is 66.2 Å². The van der Waals surface area contributed by atoms with Gasteiger partial charge in [0.1, 0.15) is 0 Å². The molecule has 3 aromatic carbocycles. The molecule has 0 saturated heterocycles. The Labute approximate surface area is 130 Å². The van der Waals surface area contributed by atoms with E-state index in [4.69, 9.17) is 11.6 Å². The van der Waals surface area contributed by atoms with Crippen molar-refractivity contribution in [3.63, 3.8) is 0 Å². The van der Waals surface area contributed by atoms with Crippen molar-refractivity contribution in [2.45, 2.75) is 12.8 Å². The number of hydrogen-bond acceptors (Lipinski definition) is 0. The van der Waals surface area contributed by atoms with Gasteiger partial charge in [-0.3, -0.25) is 0 Å². The highest BCUT2D eigenvalue weighted by Crippen LogP contribution is 2.38. The Kier molecular flexibility index (Phi) is 3.05. The number of benzene rings is 3. The van der Waals surface area contributed by atoms with Crippen molar-refractivity contribution in [3.05, 3.63) is 94.0 Å². The van der Waals surface area contributed by atoms with Crippen molar-refractivity contribution in [1.29, 1.82) is 0 Å². The maximum atomic E-state index is 6.10. The van der Waals surface area contributed by atoms with E-state index in [0.717, 1.165) is 17.9 Å². The minimum atomic E-state index is 0.809. The van der Waals surface area contributed by atoms with E-state index in [1.807, 2.05) is 12.1 Å². The monoisotopic (exact) mass is 290 g/mol. The van der Waals surface area contributed by atoms with E-state index < -0.39 is 0 Å². The molecule has 4 rings (SSSR count). The van der Waals surface area contributed by atoms with Crippen LogP contribution in [0.3, 0.4) is 0 Å². The molecule has 0 heterocycles. The molecular weight excluding hydrogens is 276 g/mol. The lowest BCUT2D eigenvalue weighted by Crippen LogP contribution is -1.94. The van der Waals surface area contributed by atoms with Crippen molar-refractivity contribution < 1.29 is 0 Å². The lowest BCUT2D eigenvalue weighted by molar-refractivity contribution is 1.12. The van der Waals surface area contributed by atoms with E-state index in [-0.39, 0.29) is 0 Å². The van der Waals surface area contributed by atoms with Crippen LogP contribution in [0.5, 0.6) is 0 Å². The van der Waals surface area contributed by atoms with Gasteiger partial charge in [0.15, 0.2) is 0 Å². The summed E-state index contributed by atoms with van der Waals surface area (Å²) in [6, 6.07) is 23.5. The molecule has 102 valence electrons. The molecule has 0 radical (unpaired) electrons. The van der Waals surface area contributed by atoms with Gasteiger partial charge in [0.25, 0.3) is 0 Å². The Bertz CT molecular complexity index is 818. The third-order valence-electron chi connectivity index (χ3n) is 4.23. The molecule has 0 bridgehead atoms. The number of rotatable bonds is 2. The van der Waals surface area contributed by atoms with Crippen LogP contribution in [-0.4, -0.2) is 0 Å². The average Bonchev–Trinajstić information content (AvgIpc) is 2.87. The second-order valence-electron chi connectivity index (χ2n) is 5.58. The minimum Gasteiger partial charge on any atom is -0.0843 e. The highest BCUT2D eigenvalue weighted by Gasteiger charge is 2.20. The molecule has 0 aliphatic heterocycles. The lowest BCUT2D eigenvalue weighted by Gasteiger charge is -2.09. The number of halogens is 1. The standard InChI is InChI=1S/C20H15Cl/c21-17-8-3-5-14(12-17)11-15-7-4-10-19-18-9-2-1-6-16(18)13-20(15)19/h1-10,12H,11,13H2. The molecule has 21 heavy (non-hydrogen) atoms. The first kappa shape index (κ1) is 12.7. The van der Waals surface area contributed by atoms with Crippen LogP contribution in [0, 0.1) is 0 Å². The maximum absolute atomic E-state index is 6.10. The largest absolute Gasteiger partial charge is 0.0843 e. The summed E-state index contributed by atoms with van der Waals surface area (Å²) in [7, 11) is 0. The second-order valence-corrected chi connectivity index (χ2v) is 6.02. The first-order valence-corrected chi connectivity index (χ1v) is 7.62. The number of hydrogen-bond donors (Lipinski definition) is 0. The van der Waals surface area contributed by atoms with Crippen LogP contribution in [0.15, 0.2) is 66.7 Å². The van der Waals surface area contributed by atoms with E-state index in [1.165, 1.54) is 33.4 Å². The van der Waals surface area contributed by atoms with Gasteiger partial charge in [0, 0.05) is 5.02 Å². The Morgan fingerprint density at radius 3 is 2.52 bits per heavy atom. The van der Waals surface area contributed by atoms with Crippen molar-refractivity contribution in [2.24, 2.45) is 0 Å². The van der Waals surface area contributed by atoms with Crippen molar-refractivity contribution >= 4 is 11.6 Å². The van der Waals surface area contributed by atoms with Crippen LogP contribution in [-0.2, 0) is 12.8 Å². The van der Waals surface area contributed by atoms with Gasteiger partial charge in [-0.05, 0) is 58.4 Å². The smallest absolute Gasteiger partial charge is 0.0408 e. The van der Waals surface area contributed by atoms with E-state index in [9.17, 15) is 0 Å². The third-order valence-corrected chi connectivity index (χ3v) is 4.47. The van der Waals surface area contributed by atoms with Gasteiger partial charge >= 0.3 is 0 Å². The van der Waals surface area contributed by atoms with E-state index >= 15 is 0 Å². The zero-order valence-electron chi connectivity index (χ0n) is 11.6. The fraction of sp³-hybridized carbons (Fsp3) is 0.100. The molecule has 0 spiro atoms. The summed E-state index contributed by atoms with van der Waals surface area (Å²) in [5.41, 5.74) is 8.37. The first-order chi connectivity index (χ1) is 10.3. The minimum absolute atomic E-state index is 0.809. The van der Waals surface area contributed by atoms with Crippen LogP contribution in [0.1, 0.15) is 22.3 Å². The van der Waals surface area contributed by atoms with Crippen molar-refractivity contribution in [1.82, 2.24) is 0 Å². The summed E-state index contributed by atoms with van der Waals surface area (Å²) in [4.78, 5) is 0. The molecule has 0 aromatic heterocycles. The molecule has 3 aromatic rings. The van der Waals surface area contributed by atoms with Crippen LogP contribution < -0.4 is 0 Å². The normalized spacial score (nSPS) is 12.0. The Hall–Kier alpha value is -2.05. The first-order valence-electron chi connectivity index (χ1n) is 7.25. The van der Waals surface area contributed by atoms with Gasteiger partial charge in [0.05, 0.1) is 0 Å². The molecule has 0 saturated carbocycles. The predicted octanol–water partition coefficient (Wildman–Crippen LogP) is 5.50. The zero-order valence-corrected chi connectivity index (χ0v) is 12.4. The Morgan fingerprint density at radius 2 is 1.62 bits per heavy atom. The van der Waals surface area contributed by atoms with Crippen molar-refractivity contribution in [3.8, 4) is 11.1 Å². The predicted molar refractivity (Wildman–Crippen MR) is 88.9 cm³/mol. The lowest BCUT2D eigenvalue weighted by atomic mass is 9.96. The van der Waals surface area contributed by atoms with E-state index in [1.54, 1.807) is 0 Å². The fourth-order valence-electron chi connectivity index (χ4n) is 3.26. The average molecular weight is 291 g/mol. The molecule has 0 N–H and O–H groups in total. The summed E-state index contributed by atoms with van der Waals surface area (Å²) in [5, 5.41) is 0.809. The van der Waals surface area contributed by atoms with Crippen molar-refractivity contribution in [2.75, 3.05) is 0 Å². The third kappa shape index (κ3) is 2.26. The molecule has 0 fully saturated rings. The summed E-state index contributed by atoms with van der Waals surface area (Å²) < 4.78 is 0. The van der Waals surface area contributed by atoms with Gasteiger partial charge in [-0.15, -0.1) is 0 Å². The highest BCUT2D eigenvalue weighted by molar-refractivity contribution is 6.30. The Balaban J connectivity index is 1.76. The molecule has 0 nitrogen and oxygen atoms in total. The highest BCUT2D eigenvalue weighted by atomic mass is 35.5. The zero-order chi connectivity index (χ0) is 14.2. The summed E-state index contributed by atoms with van der Waals surface area (Å²) >= 11 is 6.10.